The standard InChI is InChI=1S/C10H19N3O6/c1-11(2-5-14)9(18)13(4-7-16)10(19)12(8-17)3-6-15/h8,14-16H,2-7H2,1H3. The summed E-state index contributed by atoms with van der Waals surface area (Å²) >= 11 is 0. The van der Waals surface area contributed by atoms with Crippen LogP contribution in [-0.4, -0.2) is 95.0 Å². The number of carbonyl (C=O) groups is 3. The van der Waals surface area contributed by atoms with Gasteiger partial charge in [-0.15, -0.1) is 0 Å². The number of aliphatic hydroxyl groups is 3. The molecule has 0 aromatic carbocycles. The van der Waals surface area contributed by atoms with Crippen LogP contribution in [0.3, 0.4) is 0 Å². The van der Waals surface area contributed by atoms with Crippen molar-refractivity contribution >= 4 is 18.5 Å². The molecule has 0 unspecified atom stereocenters. The van der Waals surface area contributed by atoms with E-state index in [0.29, 0.717) is 9.80 Å². The zero-order chi connectivity index (χ0) is 14.8. The number of imide groups is 2. The Morgan fingerprint density at radius 2 is 1.47 bits per heavy atom. The van der Waals surface area contributed by atoms with Crippen molar-refractivity contribution in [1.82, 2.24) is 14.7 Å². The third-order valence-electron chi connectivity index (χ3n) is 2.26. The van der Waals surface area contributed by atoms with E-state index in [-0.39, 0.29) is 32.7 Å². The average molecular weight is 277 g/mol. The van der Waals surface area contributed by atoms with E-state index in [9.17, 15) is 14.4 Å². The molecule has 0 saturated carbocycles. The van der Waals surface area contributed by atoms with E-state index in [1.165, 1.54) is 7.05 Å². The van der Waals surface area contributed by atoms with E-state index >= 15 is 0 Å². The smallest absolute Gasteiger partial charge is 0.334 e. The molecule has 0 saturated heterocycles. The fourth-order valence-corrected chi connectivity index (χ4v) is 1.28. The maximum Gasteiger partial charge on any atom is 0.334 e. The van der Waals surface area contributed by atoms with E-state index in [1.54, 1.807) is 0 Å². The first-order chi connectivity index (χ1) is 9.03. The number of hydrogen-bond donors (Lipinski definition) is 3. The second kappa shape index (κ2) is 9.25. The molecule has 110 valence electrons. The number of likely N-dealkylation sites (N-methyl/N-ethyl adjacent to an activating group) is 1. The van der Waals surface area contributed by atoms with Gasteiger partial charge in [0.15, 0.2) is 0 Å². The molecular weight excluding hydrogens is 258 g/mol. The van der Waals surface area contributed by atoms with Crippen LogP contribution in [0.5, 0.6) is 0 Å². The van der Waals surface area contributed by atoms with Crippen molar-refractivity contribution < 1.29 is 29.7 Å². The molecule has 0 aliphatic carbocycles. The SMILES string of the molecule is CN(CCO)C(=O)N(CCO)C(=O)N(C=O)CCO. The first-order valence-electron chi connectivity index (χ1n) is 5.64. The summed E-state index contributed by atoms with van der Waals surface area (Å²) in [7, 11) is 1.37. The molecule has 0 radical (unpaired) electrons. The normalized spacial score (nSPS) is 9.89. The predicted octanol–water partition coefficient (Wildman–Crippen LogP) is -2.10. The van der Waals surface area contributed by atoms with Crippen LogP contribution in [0, 0.1) is 0 Å². The van der Waals surface area contributed by atoms with E-state index in [0.717, 1.165) is 4.90 Å². The molecule has 0 heterocycles. The van der Waals surface area contributed by atoms with Gasteiger partial charge in [-0.3, -0.25) is 9.69 Å². The summed E-state index contributed by atoms with van der Waals surface area (Å²) in [5.74, 6) is 0. The lowest BCUT2D eigenvalue weighted by molar-refractivity contribution is -0.116. The van der Waals surface area contributed by atoms with Gasteiger partial charge < -0.3 is 20.2 Å². The minimum atomic E-state index is -0.937. The Labute approximate surface area is 110 Å². The third-order valence-corrected chi connectivity index (χ3v) is 2.26. The topological polar surface area (TPSA) is 122 Å². The lowest BCUT2D eigenvalue weighted by Crippen LogP contribution is -2.52. The van der Waals surface area contributed by atoms with Gasteiger partial charge in [-0.25, -0.2) is 14.5 Å². The van der Waals surface area contributed by atoms with Crippen LogP contribution >= 0.6 is 0 Å². The maximum absolute atomic E-state index is 11.9. The first kappa shape index (κ1) is 17.3. The molecule has 0 aliphatic rings. The molecule has 19 heavy (non-hydrogen) atoms. The highest BCUT2D eigenvalue weighted by Crippen LogP contribution is 2.02. The Morgan fingerprint density at radius 1 is 0.947 bits per heavy atom. The van der Waals surface area contributed by atoms with Crippen LogP contribution in [0.4, 0.5) is 9.59 Å². The van der Waals surface area contributed by atoms with Crippen LogP contribution in [0.1, 0.15) is 0 Å². The minimum absolute atomic E-state index is 0.00906. The van der Waals surface area contributed by atoms with Crippen molar-refractivity contribution in [1.29, 1.82) is 0 Å². The summed E-state index contributed by atoms with van der Waals surface area (Å²) < 4.78 is 0. The second-order valence-corrected chi connectivity index (χ2v) is 3.61. The number of urea groups is 2. The third kappa shape index (κ3) is 5.20. The van der Waals surface area contributed by atoms with Crippen molar-refractivity contribution in [3.05, 3.63) is 0 Å². The molecule has 0 aliphatic heterocycles. The van der Waals surface area contributed by atoms with E-state index < -0.39 is 25.3 Å². The fourth-order valence-electron chi connectivity index (χ4n) is 1.28. The number of aliphatic hydroxyl groups excluding tert-OH is 3. The lowest BCUT2D eigenvalue weighted by Gasteiger charge is -2.28. The molecule has 5 amide bonds. The van der Waals surface area contributed by atoms with Crippen LogP contribution < -0.4 is 0 Å². The predicted molar refractivity (Wildman–Crippen MR) is 64.2 cm³/mol. The summed E-state index contributed by atoms with van der Waals surface area (Å²) in [4.78, 5) is 36.9. The summed E-state index contributed by atoms with van der Waals surface area (Å²) in [5.41, 5.74) is 0. The molecule has 0 spiro atoms. The minimum Gasteiger partial charge on any atom is -0.395 e. The van der Waals surface area contributed by atoms with Gasteiger partial charge in [0.2, 0.25) is 6.41 Å². The van der Waals surface area contributed by atoms with Gasteiger partial charge in [0.1, 0.15) is 0 Å². The highest BCUT2D eigenvalue weighted by atomic mass is 16.3. The molecule has 9 nitrogen and oxygen atoms in total. The molecule has 0 atom stereocenters. The number of hydrogen-bond acceptors (Lipinski definition) is 6. The van der Waals surface area contributed by atoms with Crippen LogP contribution in [0.25, 0.3) is 0 Å². The van der Waals surface area contributed by atoms with Gasteiger partial charge in [-0.2, -0.15) is 0 Å². The molecule has 0 fully saturated rings. The van der Waals surface area contributed by atoms with Crippen LogP contribution in [0.2, 0.25) is 0 Å². The van der Waals surface area contributed by atoms with Crippen molar-refractivity contribution in [2.75, 3.05) is 46.5 Å². The van der Waals surface area contributed by atoms with E-state index in [1.807, 2.05) is 0 Å². The van der Waals surface area contributed by atoms with Gasteiger partial charge in [-0.1, -0.05) is 0 Å². The largest absolute Gasteiger partial charge is 0.395 e. The van der Waals surface area contributed by atoms with E-state index in [2.05, 4.69) is 0 Å². The Morgan fingerprint density at radius 3 is 1.89 bits per heavy atom. The zero-order valence-corrected chi connectivity index (χ0v) is 10.7. The first-order valence-corrected chi connectivity index (χ1v) is 5.64. The average Bonchev–Trinajstić information content (AvgIpc) is 2.41. The second-order valence-electron chi connectivity index (χ2n) is 3.61. The van der Waals surface area contributed by atoms with Crippen molar-refractivity contribution in [2.45, 2.75) is 0 Å². The van der Waals surface area contributed by atoms with Gasteiger partial charge in [0.05, 0.1) is 32.9 Å². The highest BCUT2D eigenvalue weighted by Gasteiger charge is 2.27. The number of rotatable bonds is 7. The van der Waals surface area contributed by atoms with Crippen LogP contribution in [0.15, 0.2) is 0 Å². The Balaban J connectivity index is 4.92. The Bertz CT molecular complexity index is 312. The molecule has 0 aromatic heterocycles. The maximum atomic E-state index is 11.9. The summed E-state index contributed by atoms with van der Waals surface area (Å²) in [5, 5.41) is 26.3. The van der Waals surface area contributed by atoms with Crippen LogP contribution in [-0.2, 0) is 4.79 Å². The summed E-state index contributed by atoms with van der Waals surface area (Å²) in [6.45, 7) is -1.70. The van der Waals surface area contributed by atoms with E-state index in [4.69, 9.17) is 15.3 Å². The molecule has 3 N–H and O–H groups in total. The quantitative estimate of drug-likeness (QED) is 0.458. The van der Waals surface area contributed by atoms with Gasteiger partial charge in [0, 0.05) is 13.6 Å². The number of carbonyl (C=O) groups excluding carboxylic acids is 3. The summed E-state index contributed by atoms with van der Waals surface area (Å²) in [6, 6.07) is -1.69. The molecule has 0 bridgehead atoms. The Kier molecular flexibility index (Phi) is 8.42. The monoisotopic (exact) mass is 277 g/mol. The molecule has 0 rings (SSSR count). The number of amides is 5. The fraction of sp³-hybridized carbons (Fsp3) is 0.700. The summed E-state index contributed by atoms with van der Waals surface area (Å²) in [6.07, 6.45) is 0.197. The molecule has 9 heteroatoms. The van der Waals surface area contributed by atoms with Gasteiger partial charge in [0.25, 0.3) is 0 Å². The van der Waals surface area contributed by atoms with Crippen molar-refractivity contribution in [3.63, 3.8) is 0 Å². The highest BCUT2D eigenvalue weighted by molar-refractivity contribution is 5.97. The van der Waals surface area contributed by atoms with Crippen molar-refractivity contribution in [3.8, 4) is 0 Å². The molecule has 0 aromatic rings. The lowest BCUT2D eigenvalue weighted by atomic mass is 10.5. The zero-order valence-electron chi connectivity index (χ0n) is 10.7. The number of nitrogens with zero attached hydrogens (tertiary/aromatic N) is 3. The van der Waals surface area contributed by atoms with Gasteiger partial charge >= 0.3 is 12.1 Å². The van der Waals surface area contributed by atoms with Crippen molar-refractivity contribution in [2.24, 2.45) is 0 Å². The Hall–Kier alpha value is -1.71. The molecular formula is C10H19N3O6. The van der Waals surface area contributed by atoms with Gasteiger partial charge in [-0.05, 0) is 0 Å².